The van der Waals surface area contributed by atoms with Crippen LogP contribution in [0.4, 0.5) is 0 Å². The lowest BCUT2D eigenvalue weighted by molar-refractivity contribution is 0.644. The summed E-state index contributed by atoms with van der Waals surface area (Å²) in [4.78, 5) is 3.24. The highest BCUT2D eigenvalue weighted by Gasteiger charge is 2.09. The Morgan fingerprint density at radius 1 is 0.842 bits per heavy atom. The Bertz CT molecular complexity index is 740. The largest absolute Gasteiger partial charge is 0.361 e. The molecule has 19 heavy (non-hydrogen) atoms. The third-order valence-corrected chi connectivity index (χ3v) is 3.98. The second-order valence-electron chi connectivity index (χ2n) is 5.19. The summed E-state index contributed by atoms with van der Waals surface area (Å²) in [6.45, 7) is 2.10. The van der Waals surface area contributed by atoms with Gasteiger partial charge in [-0.1, -0.05) is 24.3 Å². The van der Waals surface area contributed by atoms with Crippen molar-refractivity contribution in [2.75, 3.05) is 6.54 Å². The first-order valence-electron chi connectivity index (χ1n) is 6.80. The summed E-state index contributed by atoms with van der Waals surface area (Å²) >= 11 is 0. The number of nitrogens with one attached hydrogen (secondary N) is 2. The molecular weight excluding hydrogens is 232 g/mol. The van der Waals surface area contributed by atoms with Gasteiger partial charge in [0, 0.05) is 18.3 Å². The smallest absolute Gasteiger partial charge is 0.0454 e. The van der Waals surface area contributed by atoms with Crippen molar-refractivity contribution in [3.05, 3.63) is 59.8 Å². The molecule has 0 radical (unpaired) electrons. The molecule has 4 rings (SSSR count). The van der Waals surface area contributed by atoms with Gasteiger partial charge in [-0.25, -0.2) is 0 Å². The molecule has 2 nitrogen and oxygen atoms in total. The van der Waals surface area contributed by atoms with Crippen LogP contribution in [0.15, 0.2) is 48.7 Å². The van der Waals surface area contributed by atoms with E-state index in [1.54, 1.807) is 0 Å². The number of aromatic amines is 1. The van der Waals surface area contributed by atoms with E-state index in [-0.39, 0.29) is 0 Å². The molecule has 3 aromatic rings. The first-order valence-corrected chi connectivity index (χ1v) is 6.80. The third-order valence-electron chi connectivity index (χ3n) is 3.98. The maximum atomic E-state index is 3.42. The Morgan fingerprint density at radius 2 is 1.74 bits per heavy atom. The molecule has 0 fully saturated rings. The zero-order valence-electron chi connectivity index (χ0n) is 10.7. The van der Waals surface area contributed by atoms with Crippen molar-refractivity contribution in [3.63, 3.8) is 0 Å². The van der Waals surface area contributed by atoms with Crippen LogP contribution in [-0.4, -0.2) is 11.5 Å². The third kappa shape index (κ3) is 1.85. The zero-order chi connectivity index (χ0) is 12.7. The van der Waals surface area contributed by atoms with Gasteiger partial charge in [-0.05, 0) is 58.8 Å². The Morgan fingerprint density at radius 3 is 2.74 bits per heavy atom. The van der Waals surface area contributed by atoms with Crippen LogP contribution in [-0.2, 0) is 13.0 Å². The van der Waals surface area contributed by atoms with Gasteiger partial charge in [0.1, 0.15) is 0 Å². The zero-order valence-corrected chi connectivity index (χ0v) is 10.7. The van der Waals surface area contributed by atoms with Crippen LogP contribution in [0.5, 0.6) is 0 Å². The van der Waals surface area contributed by atoms with Crippen LogP contribution in [0.2, 0.25) is 0 Å². The second kappa shape index (κ2) is 4.25. The first-order chi connectivity index (χ1) is 9.40. The van der Waals surface area contributed by atoms with E-state index in [0.717, 1.165) is 19.5 Å². The van der Waals surface area contributed by atoms with E-state index in [9.17, 15) is 0 Å². The minimum Gasteiger partial charge on any atom is -0.361 e. The van der Waals surface area contributed by atoms with Crippen molar-refractivity contribution in [2.24, 2.45) is 0 Å². The van der Waals surface area contributed by atoms with Crippen molar-refractivity contribution in [1.82, 2.24) is 10.3 Å². The maximum Gasteiger partial charge on any atom is 0.0454 e. The second-order valence-corrected chi connectivity index (χ2v) is 5.19. The number of hydrogen-bond donors (Lipinski definition) is 2. The van der Waals surface area contributed by atoms with Crippen molar-refractivity contribution in [2.45, 2.75) is 13.0 Å². The van der Waals surface area contributed by atoms with Crippen LogP contribution < -0.4 is 5.32 Å². The fourth-order valence-electron chi connectivity index (χ4n) is 2.89. The summed E-state index contributed by atoms with van der Waals surface area (Å²) in [5.74, 6) is 0. The standard InChI is InChI=1S/C17H16N2/c1-2-16-11-18-7-5-14(16)9-12(1)13-3-4-17-15(10-13)6-8-19-17/h1-4,6,8-10,18-19H,5,7,11H2. The highest BCUT2D eigenvalue weighted by molar-refractivity contribution is 5.85. The lowest BCUT2D eigenvalue weighted by Gasteiger charge is -2.18. The van der Waals surface area contributed by atoms with Gasteiger partial charge in [0.05, 0.1) is 0 Å². The van der Waals surface area contributed by atoms with Crippen LogP contribution in [0.25, 0.3) is 22.0 Å². The SMILES string of the molecule is c1cc2cc(-c3ccc4c(c3)CCNC4)ccc2[nH]1. The Balaban J connectivity index is 1.82. The predicted molar refractivity (Wildman–Crippen MR) is 79.1 cm³/mol. The molecule has 2 heterocycles. The molecule has 2 N–H and O–H groups in total. The highest BCUT2D eigenvalue weighted by atomic mass is 14.9. The molecule has 0 amide bonds. The van der Waals surface area contributed by atoms with E-state index < -0.39 is 0 Å². The fourth-order valence-corrected chi connectivity index (χ4v) is 2.89. The van der Waals surface area contributed by atoms with E-state index in [0.29, 0.717) is 0 Å². The minimum absolute atomic E-state index is 1.01. The van der Waals surface area contributed by atoms with Crippen LogP contribution in [0.1, 0.15) is 11.1 Å². The van der Waals surface area contributed by atoms with Crippen molar-refractivity contribution in [3.8, 4) is 11.1 Å². The molecule has 1 aromatic heterocycles. The number of fused-ring (bicyclic) bond motifs is 2. The van der Waals surface area contributed by atoms with E-state index in [4.69, 9.17) is 0 Å². The topological polar surface area (TPSA) is 27.8 Å². The molecule has 0 saturated heterocycles. The molecule has 0 aliphatic carbocycles. The monoisotopic (exact) mass is 248 g/mol. The van der Waals surface area contributed by atoms with Crippen LogP contribution in [0.3, 0.4) is 0 Å². The maximum absolute atomic E-state index is 3.42. The predicted octanol–water partition coefficient (Wildman–Crippen LogP) is 3.48. The Hall–Kier alpha value is -2.06. The molecule has 0 unspecified atom stereocenters. The van der Waals surface area contributed by atoms with E-state index in [2.05, 4.69) is 52.8 Å². The average molecular weight is 248 g/mol. The summed E-state index contributed by atoms with van der Waals surface area (Å²) in [5.41, 5.74) is 6.76. The van der Waals surface area contributed by atoms with Crippen molar-refractivity contribution in [1.29, 1.82) is 0 Å². The van der Waals surface area contributed by atoms with Gasteiger partial charge in [0.25, 0.3) is 0 Å². The van der Waals surface area contributed by atoms with Gasteiger partial charge >= 0.3 is 0 Å². The average Bonchev–Trinajstić information content (AvgIpc) is 2.94. The van der Waals surface area contributed by atoms with Crippen molar-refractivity contribution < 1.29 is 0 Å². The minimum atomic E-state index is 1.01. The van der Waals surface area contributed by atoms with E-state index in [1.165, 1.54) is 33.2 Å². The summed E-state index contributed by atoms with van der Waals surface area (Å²) in [5, 5.41) is 4.69. The normalized spacial score (nSPS) is 14.5. The van der Waals surface area contributed by atoms with Gasteiger partial charge in [-0.3, -0.25) is 0 Å². The number of H-pyrrole nitrogens is 1. The van der Waals surface area contributed by atoms with Crippen LogP contribution >= 0.6 is 0 Å². The number of hydrogen-bond acceptors (Lipinski definition) is 1. The number of aromatic nitrogens is 1. The molecular formula is C17H16N2. The Kier molecular flexibility index (Phi) is 2.42. The van der Waals surface area contributed by atoms with Gasteiger partial charge in [-0.15, -0.1) is 0 Å². The number of benzene rings is 2. The quantitative estimate of drug-likeness (QED) is 0.678. The summed E-state index contributed by atoms with van der Waals surface area (Å²) in [6, 6.07) is 15.6. The molecule has 0 bridgehead atoms. The molecule has 0 spiro atoms. The van der Waals surface area contributed by atoms with E-state index >= 15 is 0 Å². The van der Waals surface area contributed by atoms with E-state index in [1.807, 2.05) is 6.20 Å². The molecule has 2 aromatic carbocycles. The summed E-state index contributed by atoms with van der Waals surface area (Å²) < 4.78 is 0. The highest BCUT2D eigenvalue weighted by Crippen LogP contribution is 2.27. The summed E-state index contributed by atoms with van der Waals surface area (Å²) in [7, 11) is 0. The molecule has 94 valence electrons. The molecule has 0 atom stereocenters. The molecule has 0 saturated carbocycles. The fraction of sp³-hybridized carbons (Fsp3) is 0.176. The molecule has 1 aliphatic rings. The lowest BCUT2D eigenvalue weighted by Crippen LogP contribution is -2.23. The van der Waals surface area contributed by atoms with Gasteiger partial charge < -0.3 is 10.3 Å². The van der Waals surface area contributed by atoms with Gasteiger partial charge in [0.2, 0.25) is 0 Å². The van der Waals surface area contributed by atoms with Crippen LogP contribution in [0, 0.1) is 0 Å². The lowest BCUT2D eigenvalue weighted by atomic mass is 9.95. The molecule has 2 heteroatoms. The Labute approximate surface area is 112 Å². The van der Waals surface area contributed by atoms with Gasteiger partial charge in [-0.2, -0.15) is 0 Å². The van der Waals surface area contributed by atoms with Crippen molar-refractivity contribution >= 4 is 10.9 Å². The van der Waals surface area contributed by atoms with Gasteiger partial charge in [0.15, 0.2) is 0 Å². The summed E-state index contributed by atoms with van der Waals surface area (Å²) in [6.07, 6.45) is 3.13. The number of rotatable bonds is 1. The first kappa shape index (κ1) is 10.8. The molecule has 1 aliphatic heterocycles.